The van der Waals surface area contributed by atoms with Crippen molar-refractivity contribution in [2.45, 2.75) is 19.2 Å². The zero-order chi connectivity index (χ0) is 15.0. The van der Waals surface area contributed by atoms with Gasteiger partial charge in [-0.25, -0.2) is 0 Å². The van der Waals surface area contributed by atoms with Gasteiger partial charge in [-0.15, -0.1) is 0 Å². The number of thioether (sulfide) groups is 1. The van der Waals surface area contributed by atoms with Crippen molar-refractivity contribution in [2.24, 2.45) is 0 Å². The van der Waals surface area contributed by atoms with E-state index in [-0.39, 0.29) is 0 Å². The number of rotatable bonds is 9. The topological polar surface area (TPSA) is 71.6 Å². The fourth-order valence-corrected chi connectivity index (χ4v) is 2.34. The highest BCUT2D eigenvalue weighted by Crippen LogP contribution is 2.15. The molecule has 0 fully saturated rings. The lowest BCUT2D eigenvalue weighted by Gasteiger charge is -2.06. The van der Waals surface area contributed by atoms with Crippen LogP contribution in [0.2, 0.25) is 0 Å². The van der Waals surface area contributed by atoms with E-state index in [2.05, 4.69) is 10.2 Å². The van der Waals surface area contributed by atoms with Crippen molar-refractivity contribution >= 4 is 11.8 Å². The molecule has 0 spiro atoms. The van der Waals surface area contributed by atoms with Crippen LogP contribution in [-0.2, 0) is 12.3 Å². The first-order valence-electron chi connectivity index (χ1n) is 6.33. The predicted molar refractivity (Wildman–Crippen MR) is 81.0 cm³/mol. The number of nitrogens with one attached hydrogen (secondary N) is 1. The molecule has 0 radical (unpaired) electrons. The second-order valence-electron chi connectivity index (χ2n) is 4.68. The minimum absolute atomic E-state index is 0.454. The van der Waals surface area contributed by atoms with Gasteiger partial charge in [0.25, 0.3) is 6.20 Å². The third kappa shape index (κ3) is 7.20. The Labute approximate surface area is 123 Å². The molecule has 0 saturated heterocycles. The van der Waals surface area contributed by atoms with Crippen molar-refractivity contribution < 1.29 is 9.34 Å². The molecule has 0 unspecified atom stereocenters. The van der Waals surface area contributed by atoms with Crippen molar-refractivity contribution in [2.75, 3.05) is 26.4 Å². The average molecular weight is 299 g/mol. The molecular formula is C13H21N3O3S. The van der Waals surface area contributed by atoms with Gasteiger partial charge in [0.15, 0.2) is 0 Å². The predicted octanol–water partition coefficient (Wildman–Crippen LogP) is 2.30. The van der Waals surface area contributed by atoms with E-state index < -0.39 is 4.92 Å². The maximum Gasteiger partial charge on any atom is 0.252 e. The maximum absolute atomic E-state index is 10.2. The first-order chi connectivity index (χ1) is 9.47. The molecule has 0 bridgehead atoms. The van der Waals surface area contributed by atoms with Crippen LogP contribution in [0.3, 0.4) is 0 Å². The minimum Gasteiger partial charge on any atom is -0.464 e. The minimum atomic E-state index is -0.454. The van der Waals surface area contributed by atoms with E-state index in [1.165, 1.54) is 0 Å². The molecule has 112 valence electrons. The zero-order valence-corrected chi connectivity index (χ0v) is 12.9. The highest BCUT2D eigenvalue weighted by Gasteiger charge is 2.03. The Morgan fingerprint density at radius 2 is 2.20 bits per heavy atom. The number of nitrogens with zero attached hydrogens (tertiary/aromatic N) is 2. The molecule has 0 aliphatic rings. The second kappa shape index (κ2) is 8.65. The normalized spacial score (nSPS) is 11.9. The smallest absolute Gasteiger partial charge is 0.252 e. The molecule has 0 saturated carbocycles. The molecule has 1 rings (SSSR count). The van der Waals surface area contributed by atoms with Crippen LogP contribution in [-0.4, -0.2) is 36.2 Å². The Morgan fingerprint density at radius 1 is 1.50 bits per heavy atom. The number of furan rings is 1. The lowest BCUT2D eigenvalue weighted by atomic mass is 10.4. The van der Waals surface area contributed by atoms with E-state index in [0.717, 1.165) is 35.8 Å². The molecule has 0 amide bonds. The van der Waals surface area contributed by atoms with Gasteiger partial charge in [-0.1, -0.05) is 0 Å². The molecule has 0 aliphatic carbocycles. The largest absolute Gasteiger partial charge is 0.464 e. The summed E-state index contributed by atoms with van der Waals surface area (Å²) in [6.45, 7) is 3.19. The van der Waals surface area contributed by atoms with Crippen molar-refractivity contribution in [3.8, 4) is 0 Å². The van der Waals surface area contributed by atoms with Gasteiger partial charge >= 0.3 is 0 Å². The highest BCUT2D eigenvalue weighted by molar-refractivity contribution is 7.98. The summed E-state index contributed by atoms with van der Waals surface area (Å²) in [7, 11) is 4.01. The molecular weight excluding hydrogens is 278 g/mol. The number of hydrogen-bond donors (Lipinski definition) is 1. The zero-order valence-electron chi connectivity index (χ0n) is 12.1. The first kappa shape index (κ1) is 16.6. The lowest BCUT2D eigenvalue weighted by molar-refractivity contribution is -0.403. The highest BCUT2D eigenvalue weighted by atomic mass is 32.2. The van der Waals surface area contributed by atoms with E-state index >= 15 is 0 Å². The number of allylic oxidation sites excluding steroid dienone is 1. The van der Waals surface area contributed by atoms with Crippen LogP contribution in [0.1, 0.15) is 18.4 Å². The van der Waals surface area contributed by atoms with Crippen LogP contribution in [0, 0.1) is 10.1 Å². The summed E-state index contributed by atoms with van der Waals surface area (Å²) in [6, 6.07) is 4.00. The van der Waals surface area contributed by atoms with Crippen LogP contribution in [0.25, 0.3) is 0 Å². The first-order valence-corrected chi connectivity index (χ1v) is 7.48. The van der Waals surface area contributed by atoms with Crippen LogP contribution in [0.4, 0.5) is 0 Å². The van der Waals surface area contributed by atoms with Gasteiger partial charge in [0.05, 0.1) is 22.9 Å². The second-order valence-corrected chi connectivity index (χ2v) is 5.79. The summed E-state index contributed by atoms with van der Waals surface area (Å²) in [4.78, 5) is 11.8. The number of nitro groups is 1. The summed E-state index contributed by atoms with van der Waals surface area (Å²) >= 11 is 1.73. The summed E-state index contributed by atoms with van der Waals surface area (Å²) in [5.74, 6) is 3.61. The van der Waals surface area contributed by atoms with E-state index in [1.54, 1.807) is 18.7 Å². The van der Waals surface area contributed by atoms with Gasteiger partial charge < -0.3 is 14.6 Å². The van der Waals surface area contributed by atoms with Gasteiger partial charge in [0, 0.05) is 12.3 Å². The van der Waals surface area contributed by atoms with Crippen LogP contribution in [0.15, 0.2) is 28.4 Å². The average Bonchev–Trinajstić information content (AvgIpc) is 2.74. The molecule has 6 nitrogen and oxygen atoms in total. The van der Waals surface area contributed by atoms with Crippen LogP contribution >= 0.6 is 11.8 Å². The summed E-state index contributed by atoms with van der Waals surface area (Å²) in [5.41, 5.74) is 0.571. The molecule has 0 aliphatic heterocycles. The van der Waals surface area contributed by atoms with Crippen LogP contribution < -0.4 is 5.32 Å². The van der Waals surface area contributed by atoms with Gasteiger partial charge in [0.1, 0.15) is 11.5 Å². The lowest BCUT2D eigenvalue weighted by Crippen LogP contribution is -2.15. The quantitative estimate of drug-likeness (QED) is 0.428. The number of hydrogen-bond acceptors (Lipinski definition) is 6. The fraction of sp³-hybridized carbons (Fsp3) is 0.538. The Bertz CT molecular complexity index is 457. The van der Waals surface area contributed by atoms with E-state index in [1.807, 2.05) is 26.2 Å². The summed E-state index contributed by atoms with van der Waals surface area (Å²) < 4.78 is 5.69. The van der Waals surface area contributed by atoms with Crippen molar-refractivity contribution in [1.29, 1.82) is 0 Å². The Hall–Kier alpha value is -1.47. The molecule has 0 aromatic carbocycles. The Kier molecular flexibility index (Phi) is 7.17. The maximum atomic E-state index is 10.2. The Balaban J connectivity index is 2.18. The third-order valence-electron chi connectivity index (χ3n) is 2.38. The molecule has 1 N–H and O–H groups in total. The SMILES string of the molecule is CC(=C[N+](=O)[O-])NCCSCc1ccc(CN(C)C)o1. The molecule has 1 aromatic rings. The van der Waals surface area contributed by atoms with Crippen molar-refractivity contribution in [1.82, 2.24) is 10.2 Å². The van der Waals surface area contributed by atoms with Crippen molar-refractivity contribution in [3.05, 3.63) is 45.7 Å². The van der Waals surface area contributed by atoms with Crippen LogP contribution in [0.5, 0.6) is 0 Å². The van der Waals surface area contributed by atoms with Gasteiger partial charge in [0.2, 0.25) is 0 Å². The Morgan fingerprint density at radius 3 is 2.85 bits per heavy atom. The molecule has 1 aromatic heterocycles. The molecule has 0 atom stereocenters. The fourth-order valence-electron chi connectivity index (χ4n) is 1.59. The summed E-state index contributed by atoms with van der Waals surface area (Å²) in [6.07, 6.45) is 0.977. The van der Waals surface area contributed by atoms with E-state index in [9.17, 15) is 10.1 Å². The van der Waals surface area contributed by atoms with Gasteiger partial charge in [-0.2, -0.15) is 11.8 Å². The molecule has 1 heterocycles. The molecule has 20 heavy (non-hydrogen) atoms. The third-order valence-corrected chi connectivity index (χ3v) is 3.36. The monoisotopic (exact) mass is 299 g/mol. The van der Waals surface area contributed by atoms with Crippen molar-refractivity contribution in [3.63, 3.8) is 0 Å². The van der Waals surface area contributed by atoms with Gasteiger partial charge in [-0.05, 0) is 33.2 Å². The van der Waals surface area contributed by atoms with E-state index in [0.29, 0.717) is 12.2 Å². The standard InChI is InChI=1S/C13H21N3O3S/c1-11(8-16(17)18)14-6-7-20-10-13-5-4-12(19-13)9-15(2)3/h4-5,8,14H,6-7,9-10H2,1-3H3. The van der Waals surface area contributed by atoms with Gasteiger partial charge in [-0.3, -0.25) is 10.1 Å². The van der Waals surface area contributed by atoms with E-state index in [4.69, 9.17) is 4.42 Å². The summed E-state index contributed by atoms with van der Waals surface area (Å²) in [5, 5.41) is 13.2. The molecule has 7 heteroatoms.